The van der Waals surface area contributed by atoms with Gasteiger partial charge in [0.05, 0.1) is 11.4 Å². The summed E-state index contributed by atoms with van der Waals surface area (Å²) >= 11 is 0. The Kier molecular flexibility index (Phi) is 5.01. The average Bonchev–Trinajstić information content (AvgIpc) is 2.62. The number of nitrogens with one attached hydrogen (secondary N) is 2. The van der Waals surface area contributed by atoms with Gasteiger partial charge in [0.25, 0.3) is 0 Å². The third kappa shape index (κ3) is 3.87. The van der Waals surface area contributed by atoms with E-state index in [4.69, 9.17) is 0 Å². The Balaban J connectivity index is 1.97. The summed E-state index contributed by atoms with van der Waals surface area (Å²) in [7, 11) is 0. The zero-order chi connectivity index (χ0) is 16.8. The summed E-state index contributed by atoms with van der Waals surface area (Å²) in [5, 5.41) is 6.22. The van der Waals surface area contributed by atoms with E-state index < -0.39 is 0 Å². The lowest BCUT2D eigenvalue weighted by Gasteiger charge is -2.11. The Hall–Kier alpha value is -2.95. The van der Waals surface area contributed by atoms with Crippen molar-refractivity contribution in [3.8, 4) is 11.3 Å². The molecule has 0 atom stereocenters. The highest BCUT2D eigenvalue weighted by atomic mass is 19.1. The van der Waals surface area contributed by atoms with Crippen LogP contribution in [0.5, 0.6) is 0 Å². The van der Waals surface area contributed by atoms with Crippen molar-refractivity contribution in [2.24, 2.45) is 0 Å². The molecule has 5 heteroatoms. The third-order valence-electron chi connectivity index (χ3n) is 3.47. The van der Waals surface area contributed by atoms with Crippen LogP contribution in [0.3, 0.4) is 0 Å². The Bertz CT molecular complexity index is 805. The van der Waals surface area contributed by atoms with Gasteiger partial charge in [-0.05, 0) is 18.6 Å². The Labute approximate surface area is 140 Å². The van der Waals surface area contributed by atoms with Gasteiger partial charge in [0, 0.05) is 18.2 Å². The molecule has 0 aliphatic carbocycles. The molecule has 4 nitrogen and oxygen atoms in total. The first-order valence-corrected chi connectivity index (χ1v) is 7.96. The van der Waals surface area contributed by atoms with Gasteiger partial charge in [-0.25, -0.2) is 9.37 Å². The van der Waals surface area contributed by atoms with Crippen LogP contribution in [0.4, 0.5) is 21.8 Å². The van der Waals surface area contributed by atoms with Crippen LogP contribution in [0.1, 0.15) is 13.3 Å². The quantitative estimate of drug-likeness (QED) is 0.681. The summed E-state index contributed by atoms with van der Waals surface area (Å²) in [6.45, 7) is 2.85. The molecule has 1 heterocycles. The Morgan fingerprint density at radius 1 is 0.958 bits per heavy atom. The average molecular weight is 322 g/mol. The normalized spacial score (nSPS) is 10.4. The lowest BCUT2D eigenvalue weighted by atomic mass is 10.1. The van der Waals surface area contributed by atoms with E-state index in [1.54, 1.807) is 18.2 Å². The molecule has 2 N–H and O–H groups in total. The number of halogens is 1. The summed E-state index contributed by atoms with van der Waals surface area (Å²) in [4.78, 5) is 8.98. The second kappa shape index (κ2) is 7.55. The number of hydrogen-bond donors (Lipinski definition) is 2. The maximum absolute atomic E-state index is 13.9. The molecule has 3 aromatic rings. The monoisotopic (exact) mass is 322 g/mol. The minimum Gasteiger partial charge on any atom is -0.354 e. The van der Waals surface area contributed by atoms with E-state index in [9.17, 15) is 4.39 Å². The summed E-state index contributed by atoms with van der Waals surface area (Å²) in [6.07, 6.45) is 0.967. The SMILES string of the molecule is CCCNc1nc(Nc2ccccc2F)cc(-c2ccccc2)n1. The number of rotatable bonds is 6. The summed E-state index contributed by atoms with van der Waals surface area (Å²) in [5.41, 5.74) is 2.15. The maximum atomic E-state index is 13.9. The number of hydrogen-bond acceptors (Lipinski definition) is 4. The fourth-order valence-electron chi connectivity index (χ4n) is 2.28. The first-order chi connectivity index (χ1) is 11.8. The van der Waals surface area contributed by atoms with Crippen LogP contribution in [0.2, 0.25) is 0 Å². The van der Waals surface area contributed by atoms with Crippen LogP contribution in [0.25, 0.3) is 11.3 Å². The van der Waals surface area contributed by atoms with Gasteiger partial charge < -0.3 is 10.6 Å². The molecule has 0 spiro atoms. The van der Waals surface area contributed by atoms with Gasteiger partial charge in [0.1, 0.15) is 11.6 Å². The van der Waals surface area contributed by atoms with Gasteiger partial charge >= 0.3 is 0 Å². The van der Waals surface area contributed by atoms with Crippen LogP contribution < -0.4 is 10.6 Å². The molecule has 0 fully saturated rings. The topological polar surface area (TPSA) is 49.8 Å². The zero-order valence-electron chi connectivity index (χ0n) is 13.5. The predicted molar refractivity (Wildman–Crippen MR) is 95.9 cm³/mol. The molecule has 0 unspecified atom stereocenters. The molecule has 122 valence electrons. The van der Waals surface area contributed by atoms with Crippen molar-refractivity contribution in [2.75, 3.05) is 17.2 Å². The van der Waals surface area contributed by atoms with Crippen LogP contribution in [-0.4, -0.2) is 16.5 Å². The molecule has 3 rings (SSSR count). The number of anilines is 3. The molecule has 0 amide bonds. The molecule has 0 saturated heterocycles. The maximum Gasteiger partial charge on any atom is 0.225 e. The van der Waals surface area contributed by atoms with Crippen LogP contribution in [0.15, 0.2) is 60.7 Å². The molecule has 0 saturated carbocycles. The smallest absolute Gasteiger partial charge is 0.225 e. The van der Waals surface area contributed by atoms with Crippen LogP contribution in [0, 0.1) is 5.82 Å². The van der Waals surface area contributed by atoms with Crippen molar-refractivity contribution in [3.05, 3.63) is 66.5 Å². The van der Waals surface area contributed by atoms with Gasteiger partial charge in [-0.2, -0.15) is 4.98 Å². The highest BCUT2D eigenvalue weighted by Crippen LogP contribution is 2.24. The minimum absolute atomic E-state index is 0.319. The first-order valence-electron chi connectivity index (χ1n) is 7.96. The Morgan fingerprint density at radius 2 is 1.71 bits per heavy atom. The standard InChI is InChI=1S/C19H19FN4/c1-2-12-21-19-23-17(14-8-4-3-5-9-14)13-18(24-19)22-16-11-7-6-10-15(16)20/h3-11,13H,2,12H2,1H3,(H2,21,22,23,24). The van der Waals surface area contributed by atoms with E-state index in [2.05, 4.69) is 27.5 Å². The van der Waals surface area contributed by atoms with E-state index in [0.29, 0.717) is 17.5 Å². The molecule has 0 radical (unpaired) electrons. The van der Waals surface area contributed by atoms with Crippen molar-refractivity contribution < 1.29 is 4.39 Å². The van der Waals surface area contributed by atoms with Crippen molar-refractivity contribution in [1.29, 1.82) is 0 Å². The molecule has 0 aliphatic heterocycles. The summed E-state index contributed by atoms with van der Waals surface area (Å²) in [6, 6.07) is 18.2. The zero-order valence-corrected chi connectivity index (χ0v) is 13.5. The highest BCUT2D eigenvalue weighted by Gasteiger charge is 2.08. The fraction of sp³-hybridized carbons (Fsp3) is 0.158. The lowest BCUT2D eigenvalue weighted by molar-refractivity contribution is 0.632. The molecular weight excluding hydrogens is 303 g/mol. The van der Waals surface area contributed by atoms with Crippen LogP contribution in [-0.2, 0) is 0 Å². The van der Waals surface area contributed by atoms with Crippen LogP contribution >= 0.6 is 0 Å². The summed E-state index contributed by atoms with van der Waals surface area (Å²) in [5.74, 6) is 0.755. The van der Waals surface area contributed by atoms with E-state index >= 15 is 0 Å². The number of benzene rings is 2. The van der Waals surface area contributed by atoms with E-state index in [1.165, 1.54) is 6.07 Å². The fourth-order valence-corrected chi connectivity index (χ4v) is 2.28. The number of para-hydroxylation sites is 1. The molecule has 1 aromatic heterocycles. The highest BCUT2D eigenvalue weighted by molar-refractivity contribution is 5.67. The molecule has 24 heavy (non-hydrogen) atoms. The minimum atomic E-state index is -0.319. The van der Waals surface area contributed by atoms with Crippen molar-refractivity contribution in [2.45, 2.75) is 13.3 Å². The van der Waals surface area contributed by atoms with Gasteiger partial charge in [-0.3, -0.25) is 0 Å². The number of aromatic nitrogens is 2. The second-order valence-corrected chi connectivity index (χ2v) is 5.36. The first kappa shape index (κ1) is 15.9. The largest absolute Gasteiger partial charge is 0.354 e. The van der Waals surface area contributed by atoms with E-state index in [-0.39, 0.29) is 5.82 Å². The van der Waals surface area contributed by atoms with Gasteiger partial charge in [0.2, 0.25) is 5.95 Å². The predicted octanol–water partition coefficient (Wildman–Crippen LogP) is 4.85. The van der Waals surface area contributed by atoms with Gasteiger partial charge in [0.15, 0.2) is 0 Å². The van der Waals surface area contributed by atoms with Gasteiger partial charge in [-0.1, -0.05) is 49.4 Å². The van der Waals surface area contributed by atoms with Crippen molar-refractivity contribution >= 4 is 17.5 Å². The number of nitrogens with zero attached hydrogens (tertiary/aromatic N) is 2. The van der Waals surface area contributed by atoms with E-state index in [1.807, 2.05) is 36.4 Å². The third-order valence-corrected chi connectivity index (χ3v) is 3.47. The lowest BCUT2D eigenvalue weighted by Crippen LogP contribution is -2.07. The second-order valence-electron chi connectivity index (χ2n) is 5.36. The molecule has 0 bridgehead atoms. The van der Waals surface area contributed by atoms with E-state index in [0.717, 1.165) is 24.2 Å². The summed E-state index contributed by atoms with van der Waals surface area (Å²) < 4.78 is 13.9. The Morgan fingerprint density at radius 3 is 2.46 bits per heavy atom. The van der Waals surface area contributed by atoms with Crippen molar-refractivity contribution in [3.63, 3.8) is 0 Å². The van der Waals surface area contributed by atoms with Gasteiger partial charge in [-0.15, -0.1) is 0 Å². The molecular formula is C19H19FN4. The van der Waals surface area contributed by atoms with Crippen molar-refractivity contribution in [1.82, 2.24) is 9.97 Å². The molecule has 0 aliphatic rings. The molecule has 2 aromatic carbocycles.